The molecule has 0 saturated carbocycles. The molecule has 1 unspecified atom stereocenters. The molecule has 0 aliphatic carbocycles. The lowest BCUT2D eigenvalue weighted by molar-refractivity contribution is -0.125. The lowest BCUT2D eigenvalue weighted by Crippen LogP contribution is -2.32. The molecule has 0 heterocycles. The van der Waals surface area contributed by atoms with E-state index in [4.69, 9.17) is 0 Å². The summed E-state index contributed by atoms with van der Waals surface area (Å²) in [5.74, 6) is 0.184. The number of nitrogens with one attached hydrogen (secondary N) is 1. The molecule has 2 aromatic carbocycles. The van der Waals surface area contributed by atoms with Gasteiger partial charge >= 0.3 is 0 Å². The van der Waals surface area contributed by atoms with Gasteiger partial charge in [-0.25, -0.2) is 0 Å². The van der Waals surface area contributed by atoms with Gasteiger partial charge in [0.25, 0.3) is 0 Å². The molecule has 1 amide bonds. The second-order valence-electron chi connectivity index (χ2n) is 6.87. The summed E-state index contributed by atoms with van der Waals surface area (Å²) in [6.45, 7) is 8.10. The molecule has 0 radical (unpaired) electrons. The molecule has 134 valence electrons. The molecule has 2 rings (SSSR count). The van der Waals surface area contributed by atoms with Crippen molar-refractivity contribution in [3.8, 4) is 0 Å². The van der Waals surface area contributed by atoms with Crippen LogP contribution in [0.4, 0.5) is 0 Å². The van der Waals surface area contributed by atoms with Crippen molar-refractivity contribution in [2.45, 2.75) is 58.4 Å². The van der Waals surface area contributed by atoms with Crippen LogP contribution >= 0.6 is 0 Å². The van der Waals surface area contributed by atoms with Crippen molar-refractivity contribution in [2.24, 2.45) is 5.92 Å². The van der Waals surface area contributed by atoms with Crippen molar-refractivity contribution in [1.29, 1.82) is 0 Å². The van der Waals surface area contributed by atoms with E-state index in [1.807, 2.05) is 12.1 Å². The molecule has 2 heteroatoms. The average Bonchev–Trinajstić information content (AvgIpc) is 2.63. The van der Waals surface area contributed by atoms with Crippen LogP contribution in [-0.2, 0) is 4.79 Å². The highest BCUT2D eigenvalue weighted by Gasteiger charge is 2.19. The Morgan fingerprint density at radius 1 is 1.12 bits per heavy atom. The molecule has 0 aliphatic rings. The van der Waals surface area contributed by atoms with E-state index in [9.17, 15) is 4.79 Å². The normalized spacial score (nSPS) is 13.4. The summed E-state index contributed by atoms with van der Waals surface area (Å²) in [7, 11) is 0. The number of hydrogen-bond donors (Lipinski definition) is 1. The average molecular weight is 338 g/mol. The molecule has 0 aromatic heterocycles. The zero-order valence-electron chi connectivity index (χ0n) is 15.6. The molecule has 1 N–H and O–H groups in total. The number of amides is 1. The number of hydrogen-bond acceptors (Lipinski definition) is 1. The van der Waals surface area contributed by atoms with Crippen LogP contribution in [0.1, 0.15) is 64.0 Å². The number of rotatable bonds is 10. The van der Waals surface area contributed by atoms with Crippen LogP contribution in [-0.4, -0.2) is 5.91 Å². The minimum atomic E-state index is 0.00144. The number of benzene rings is 2. The Morgan fingerprint density at radius 3 is 2.64 bits per heavy atom. The lowest BCUT2D eigenvalue weighted by Gasteiger charge is -2.21. The van der Waals surface area contributed by atoms with Crippen LogP contribution in [0.5, 0.6) is 0 Å². The van der Waals surface area contributed by atoms with E-state index in [2.05, 4.69) is 62.1 Å². The Labute approximate surface area is 152 Å². The number of carbonyl (C=O) groups excluding carboxylic acids is 1. The minimum absolute atomic E-state index is 0.00144. The predicted octanol–water partition coefficient (Wildman–Crippen LogP) is 6.18. The number of unbranched alkanes of at least 4 members (excludes halogenated alkanes) is 3. The van der Waals surface area contributed by atoms with Gasteiger partial charge in [0.2, 0.25) is 5.91 Å². The van der Waals surface area contributed by atoms with Crippen molar-refractivity contribution >= 4 is 16.7 Å². The van der Waals surface area contributed by atoms with Crippen molar-refractivity contribution in [2.75, 3.05) is 0 Å². The molecule has 25 heavy (non-hydrogen) atoms. The van der Waals surface area contributed by atoms with E-state index in [-0.39, 0.29) is 17.9 Å². The Hall–Kier alpha value is -2.09. The molecule has 0 spiro atoms. The Balaban J connectivity index is 2.04. The monoisotopic (exact) mass is 337 g/mol. The molecule has 0 aliphatic heterocycles. The summed E-state index contributed by atoms with van der Waals surface area (Å²) >= 11 is 0. The summed E-state index contributed by atoms with van der Waals surface area (Å²) in [5, 5.41) is 5.65. The summed E-state index contributed by atoms with van der Waals surface area (Å²) in [6, 6.07) is 14.6. The van der Waals surface area contributed by atoms with E-state index in [0.717, 1.165) is 19.3 Å². The van der Waals surface area contributed by atoms with Crippen LogP contribution in [0.2, 0.25) is 0 Å². The summed E-state index contributed by atoms with van der Waals surface area (Å²) in [5.41, 5.74) is 1.18. The molecular weight excluding hydrogens is 306 g/mol. The maximum absolute atomic E-state index is 12.8. The zero-order chi connectivity index (χ0) is 18.1. The van der Waals surface area contributed by atoms with Crippen LogP contribution < -0.4 is 5.32 Å². The number of carbonyl (C=O) groups is 1. The quantitative estimate of drug-likeness (QED) is 0.407. The fourth-order valence-corrected chi connectivity index (χ4v) is 3.41. The first-order valence-electron chi connectivity index (χ1n) is 9.56. The van der Waals surface area contributed by atoms with Gasteiger partial charge in [0.15, 0.2) is 0 Å². The molecule has 2 aromatic rings. The van der Waals surface area contributed by atoms with Gasteiger partial charge in [-0.3, -0.25) is 4.79 Å². The molecule has 0 fully saturated rings. The zero-order valence-corrected chi connectivity index (χ0v) is 15.6. The van der Waals surface area contributed by atoms with E-state index in [0.29, 0.717) is 0 Å². The van der Waals surface area contributed by atoms with Gasteiger partial charge < -0.3 is 5.32 Å². The SMILES string of the molecule is C=CCC(CCCCCC)C(=O)N[C@@H](C)c1cccc2ccccc12. The summed E-state index contributed by atoms with van der Waals surface area (Å²) < 4.78 is 0. The Morgan fingerprint density at radius 2 is 1.88 bits per heavy atom. The second-order valence-corrected chi connectivity index (χ2v) is 6.87. The highest BCUT2D eigenvalue weighted by atomic mass is 16.1. The largest absolute Gasteiger partial charge is 0.349 e. The first-order valence-corrected chi connectivity index (χ1v) is 9.56. The third kappa shape index (κ3) is 5.45. The van der Waals surface area contributed by atoms with Crippen LogP contribution in [0.25, 0.3) is 10.8 Å². The fraction of sp³-hybridized carbons (Fsp3) is 0.435. The highest BCUT2D eigenvalue weighted by molar-refractivity contribution is 5.87. The smallest absolute Gasteiger partial charge is 0.223 e. The van der Waals surface area contributed by atoms with E-state index >= 15 is 0 Å². The molecule has 2 atom stereocenters. The second kappa shape index (κ2) is 10.0. The van der Waals surface area contributed by atoms with Gasteiger partial charge in [-0.05, 0) is 36.1 Å². The van der Waals surface area contributed by atoms with Gasteiger partial charge in [-0.1, -0.05) is 81.1 Å². The topological polar surface area (TPSA) is 29.1 Å². The molecule has 0 saturated heterocycles. The third-order valence-electron chi connectivity index (χ3n) is 4.88. The standard InChI is InChI=1S/C23H31NO/c1-4-6-7-8-14-20(12-5-2)23(25)24-18(3)21-17-11-15-19-13-9-10-16-22(19)21/h5,9-11,13,15-18,20H,2,4,6-8,12,14H2,1,3H3,(H,24,25)/t18-,20?/m0/s1. The number of fused-ring (bicyclic) bond motifs is 1. The maximum Gasteiger partial charge on any atom is 0.223 e. The van der Waals surface area contributed by atoms with Crippen LogP contribution in [0, 0.1) is 5.92 Å². The summed E-state index contributed by atoms with van der Waals surface area (Å²) in [6.07, 6.45) is 8.34. The predicted molar refractivity (Wildman–Crippen MR) is 108 cm³/mol. The number of allylic oxidation sites excluding steroid dienone is 1. The summed E-state index contributed by atoms with van der Waals surface area (Å²) in [4.78, 5) is 12.8. The van der Waals surface area contributed by atoms with Crippen molar-refractivity contribution in [3.05, 3.63) is 60.7 Å². The third-order valence-corrected chi connectivity index (χ3v) is 4.88. The van der Waals surface area contributed by atoms with Gasteiger partial charge in [0, 0.05) is 5.92 Å². The molecule has 0 bridgehead atoms. The van der Waals surface area contributed by atoms with Gasteiger partial charge in [0.05, 0.1) is 6.04 Å². The highest BCUT2D eigenvalue weighted by Crippen LogP contribution is 2.25. The van der Waals surface area contributed by atoms with E-state index in [1.54, 1.807) is 0 Å². The van der Waals surface area contributed by atoms with Gasteiger partial charge in [-0.15, -0.1) is 6.58 Å². The van der Waals surface area contributed by atoms with Crippen LogP contribution in [0.15, 0.2) is 55.1 Å². The Kier molecular flexibility index (Phi) is 7.72. The first kappa shape index (κ1) is 19.2. The van der Waals surface area contributed by atoms with E-state index < -0.39 is 0 Å². The minimum Gasteiger partial charge on any atom is -0.349 e. The van der Waals surface area contributed by atoms with Gasteiger partial charge in [0.1, 0.15) is 0 Å². The van der Waals surface area contributed by atoms with Crippen molar-refractivity contribution < 1.29 is 4.79 Å². The van der Waals surface area contributed by atoms with Crippen LogP contribution in [0.3, 0.4) is 0 Å². The maximum atomic E-state index is 12.8. The van der Waals surface area contributed by atoms with Crippen molar-refractivity contribution in [1.82, 2.24) is 5.32 Å². The Bertz CT molecular complexity index is 686. The lowest BCUT2D eigenvalue weighted by atomic mass is 9.95. The fourth-order valence-electron chi connectivity index (χ4n) is 3.41. The van der Waals surface area contributed by atoms with E-state index in [1.165, 1.54) is 35.6 Å². The van der Waals surface area contributed by atoms with Gasteiger partial charge in [-0.2, -0.15) is 0 Å². The van der Waals surface area contributed by atoms with Crippen molar-refractivity contribution in [3.63, 3.8) is 0 Å². The first-order chi connectivity index (χ1) is 12.2. The molecular formula is C23H31NO. The molecule has 2 nitrogen and oxygen atoms in total.